The van der Waals surface area contributed by atoms with Crippen LogP contribution in [0.25, 0.3) is 0 Å². The predicted molar refractivity (Wildman–Crippen MR) is 106 cm³/mol. The highest BCUT2D eigenvalue weighted by Crippen LogP contribution is 2.23. The molecular formula is C19H19Cl2NO2S. The minimum Gasteiger partial charge on any atom is -0.489 e. The number of nitrogens with one attached hydrogen (secondary N) is 1. The SMILES string of the molecule is S=C(NC[C@@H]1CCCO1)c1cccc(OCc2ccc(Cl)c(Cl)c2)c1. The van der Waals surface area contributed by atoms with E-state index < -0.39 is 0 Å². The molecule has 6 heteroatoms. The first kappa shape index (κ1) is 18.5. The van der Waals surface area contributed by atoms with Crippen molar-refractivity contribution in [3.63, 3.8) is 0 Å². The van der Waals surface area contributed by atoms with Gasteiger partial charge in [-0.2, -0.15) is 0 Å². The number of rotatable bonds is 6. The molecule has 0 aliphatic carbocycles. The molecule has 2 aromatic rings. The Bertz CT molecular complexity index is 748. The summed E-state index contributed by atoms with van der Waals surface area (Å²) in [4.78, 5) is 0.704. The molecule has 0 spiro atoms. The van der Waals surface area contributed by atoms with Crippen LogP contribution in [-0.2, 0) is 11.3 Å². The van der Waals surface area contributed by atoms with Crippen molar-refractivity contribution >= 4 is 40.4 Å². The second kappa shape index (κ2) is 8.86. The summed E-state index contributed by atoms with van der Waals surface area (Å²) >= 11 is 17.4. The van der Waals surface area contributed by atoms with Gasteiger partial charge in [0.15, 0.2) is 0 Å². The summed E-state index contributed by atoms with van der Waals surface area (Å²) in [6.45, 7) is 2.00. The van der Waals surface area contributed by atoms with Crippen LogP contribution in [0.4, 0.5) is 0 Å². The summed E-state index contributed by atoms with van der Waals surface area (Å²) in [5, 5.41) is 4.34. The van der Waals surface area contributed by atoms with Gasteiger partial charge in [-0.25, -0.2) is 0 Å². The third-order valence-corrected chi connectivity index (χ3v) is 5.12. The average molecular weight is 396 g/mol. The van der Waals surface area contributed by atoms with Crippen molar-refractivity contribution in [3.8, 4) is 5.75 Å². The summed E-state index contributed by atoms with van der Waals surface area (Å²) in [6.07, 6.45) is 2.46. The predicted octanol–water partition coefficient (Wildman–Crippen LogP) is 5.02. The first-order valence-corrected chi connectivity index (χ1v) is 9.35. The van der Waals surface area contributed by atoms with E-state index in [1.54, 1.807) is 6.07 Å². The van der Waals surface area contributed by atoms with Gasteiger partial charge in [-0.05, 0) is 42.7 Å². The largest absolute Gasteiger partial charge is 0.489 e. The summed E-state index contributed by atoms with van der Waals surface area (Å²) in [7, 11) is 0. The minimum atomic E-state index is 0.257. The van der Waals surface area contributed by atoms with Gasteiger partial charge in [0.2, 0.25) is 0 Å². The van der Waals surface area contributed by atoms with E-state index in [0.717, 1.165) is 42.9 Å². The second-order valence-electron chi connectivity index (χ2n) is 5.91. The molecule has 2 aromatic carbocycles. The molecule has 0 bridgehead atoms. The Labute approximate surface area is 163 Å². The van der Waals surface area contributed by atoms with Crippen LogP contribution in [0.15, 0.2) is 42.5 Å². The highest BCUT2D eigenvalue weighted by atomic mass is 35.5. The van der Waals surface area contributed by atoms with Gasteiger partial charge in [0.1, 0.15) is 17.3 Å². The number of halogens is 2. The Morgan fingerprint density at radius 2 is 2.08 bits per heavy atom. The molecule has 1 aliphatic rings. The number of hydrogen-bond donors (Lipinski definition) is 1. The van der Waals surface area contributed by atoms with Crippen molar-refractivity contribution in [1.29, 1.82) is 0 Å². The van der Waals surface area contributed by atoms with Crippen LogP contribution in [-0.4, -0.2) is 24.2 Å². The van der Waals surface area contributed by atoms with Crippen molar-refractivity contribution in [2.45, 2.75) is 25.6 Å². The fourth-order valence-corrected chi connectivity index (χ4v) is 3.17. The van der Waals surface area contributed by atoms with Gasteiger partial charge in [-0.1, -0.05) is 53.6 Å². The molecule has 0 aromatic heterocycles. The van der Waals surface area contributed by atoms with Crippen LogP contribution in [0, 0.1) is 0 Å². The molecule has 0 saturated carbocycles. The number of benzene rings is 2. The standard InChI is InChI=1S/C19H19Cl2NO2S/c20-17-7-6-13(9-18(17)21)12-24-15-4-1-3-14(10-15)19(25)22-11-16-5-2-8-23-16/h1,3-4,6-7,9-10,16H,2,5,8,11-12H2,(H,22,25)/t16-/m0/s1. The maximum Gasteiger partial charge on any atom is 0.120 e. The average Bonchev–Trinajstić information content (AvgIpc) is 3.14. The molecule has 1 atom stereocenters. The van der Waals surface area contributed by atoms with E-state index in [2.05, 4.69) is 5.32 Å². The van der Waals surface area contributed by atoms with Crippen molar-refractivity contribution in [2.75, 3.05) is 13.2 Å². The smallest absolute Gasteiger partial charge is 0.120 e. The Morgan fingerprint density at radius 1 is 1.20 bits per heavy atom. The van der Waals surface area contributed by atoms with E-state index in [1.807, 2.05) is 36.4 Å². The van der Waals surface area contributed by atoms with E-state index in [1.165, 1.54) is 0 Å². The second-order valence-corrected chi connectivity index (χ2v) is 7.13. The van der Waals surface area contributed by atoms with E-state index in [4.69, 9.17) is 44.9 Å². The zero-order valence-corrected chi connectivity index (χ0v) is 16.0. The Hall–Kier alpha value is -1.33. The summed E-state index contributed by atoms with van der Waals surface area (Å²) in [5.41, 5.74) is 1.89. The van der Waals surface area contributed by atoms with Gasteiger partial charge in [-0.15, -0.1) is 0 Å². The molecule has 0 radical (unpaired) electrons. The molecule has 132 valence electrons. The first-order valence-electron chi connectivity index (χ1n) is 8.18. The molecule has 25 heavy (non-hydrogen) atoms. The molecule has 1 aliphatic heterocycles. The Morgan fingerprint density at radius 3 is 2.84 bits per heavy atom. The molecule has 1 saturated heterocycles. The monoisotopic (exact) mass is 395 g/mol. The van der Waals surface area contributed by atoms with E-state index in [9.17, 15) is 0 Å². The van der Waals surface area contributed by atoms with Gasteiger partial charge in [-0.3, -0.25) is 0 Å². The van der Waals surface area contributed by atoms with Crippen LogP contribution in [0.2, 0.25) is 10.0 Å². The highest BCUT2D eigenvalue weighted by Gasteiger charge is 2.15. The van der Waals surface area contributed by atoms with Crippen molar-refractivity contribution < 1.29 is 9.47 Å². The quantitative estimate of drug-likeness (QED) is 0.695. The van der Waals surface area contributed by atoms with Crippen LogP contribution in [0.5, 0.6) is 5.75 Å². The number of hydrogen-bond acceptors (Lipinski definition) is 3. The van der Waals surface area contributed by atoms with Gasteiger partial charge >= 0.3 is 0 Å². The van der Waals surface area contributed by atoms with Gasteiger partial charge < -0.3 is 14.8 Å². The third-order valence-electron chi connectivity index (χ3n) is 4.00. The molecular weight excluding hydrogens is 377 g/mol. The van der Waals surface area contributed by atoms with E-state index in [-0.39, 0.29) is 6.10 Å². The fraction of sp³-hybridized carbons (Fsp3) is 0.316. The highest BCUT2D eigenvalue weighted by molar-refractivity contribution is 7.80. The van der Waals surface area contributed by atoms with Crippen LogP contribution in [0.3, 0.4) is 0 Å². The van der Waals surface area contributed by atoms with Crippen LogP contribution in [0.1, 0.15) is 24.0 Å². The normalized spacial score (nSPS) is 16.6. The molecule has 3 rings (SSSR count). The molecule has 0 unspecified atom stereocenters. The van der Waals surface area contributed by atoms with Crippen molar-refractivity contribution in [3.05, 3.63) is 63.6 Å². The zero-order chi connectivity index (χ0) is 17.6. The molecule has 1 heterocycles. The topological polar surface area (TPSA) is 30.5 Å². The molecule has 0 amide bonds. The number of thiocarbonyl (C=S) groups is 1. The Kier molecular flexibility index (Phi) is 6.54. The lowest BCUT2D eigenvalue weighted by atomic mass is 10.2. The Balaban J connectivity index is 1.56. The van der Waals surface area contributed by atoms with Crippen molar-refractivity contribution in [2.24, 2.45) is 0 Å². The van der Waals surface area contributed by atoms with Gasteiger partial charge in [0, 0.05) is 18.7 Å². The van der Waals surface area contributed by atoms with Crippen LogP contribution < -0.4 is 10.1 Å². The molecule has 1 fully saturated rings. The minimum absolute atomic E-state index is 0.257. The van der Waals surface area contributed by atoms with E-state index in [0.29, 0.717) is 21.6 Å². The summed E-state index contributed by atoms with van der Waals surface area (Å²) in [6, 6.07) is 13.2. The fourth-order valence-electron chi connectivity index (χ4n) is 2.64. The summed E-state index contributed by atoms with van der Waals surface area (Å²) in [5.74, 6) is 0.754. The maximum atomic E-state index is 6.03. The molecule has 1 N–H and O–H groups in total. The van der Waals surface area contributed by atoms with Crippen LogP contribution >= 0.6 is 35.4 Å². The lowest BCUT2D eigenvalue weighted by Crippen LogP contribution is -2.31. The first-order chi connectivity index (χ1) is 12.1. The zero-order valence-electron chi connectivity index (χ0n) is 13.6. The lowest BCUT2D eigenvalue weighted by molar-refractivity contribution is 0.114. The van der Waals surface area contributed by atoms with Gasteiger partial charge in [0.25, 0.3) is 0 Å². The number of ether oxygens (including phenoxy) is 2. The van der Waals surface area contributed by atoms with E-state index >= 15 is 0 Å². The summed E-state index contributed by atoms with van der Waals surface area (Å²) < 4.78 is 11.4. The van der Waals surface area contributed by atoms with Gasteiger partial charge in [0.05, 0.1) is 16.1 Å². The van der Waals surface area contributed by atoms with Crippen molar-refractivity contribution in [1.82, 2.24) is 5.32 Å². The third kappa shape index (κ3) is 5.32. The maximum absolute atomic E-state index is 6.03. The lowest BCUT2D eigenvalue weighted by Gasteiger charge is -2.14. The molecule has 3 nitrogen and oxygen atoms in total.